The maximum atomic E-state index is 10.7. The molecule has 1 fully saturated rings. The zero-order valence-electron chi connectivity index (χ0n) is 7.10. The number of carbonyl (C=O) groups excluding carboxylic acids is 2. The van der Waals surface area contributed by atoms with E-state index in [1.165, 1.54) is 0 Å². The lowest BCUT2D eigenvalue weighted by atomic mass is 10.1. The number of hydrogen-bond donors (Lipinski definition) is 1. The second kappa shape index (κ2) is 1.94. The minimum absolute atomic E-state index is 0.350. The number of imide groups is 1. The van der Waals surface area contributed by atoms with E-state index in [2.05, 4.69) is 0 Å². The summed E-state index contributed by atoms with van der Waals surface area (Å²) in [6.45, 7) is 0. The van der Waals surface area contributed by atoms with E-state index in [1.807, 2.05) is 0 Å². The molecular weight excluding hydrogens is 106 g/mol. The van der Waals surface area contributed by atoms with Gasteiger partial charge in [-0.1, -0.05) is 0 Å². The van der Waals surface area contributed by atoms with Gasteiger partial charge in [0.2, 0.25) is 11.8 Å². The van der Waals surface area contributed by atoms with Gasteiger partial charge < -0.3 is 0 Å². The molecule has 1 heterocycles. The normalized spacial score (nSPS) is 41.5. The molecule has 1 N–H and O–H groups in total. The van der Waals surface area contributed by atoms with Crippen molar-refractivity contribution in [3.8, 4) is 0 Å². The van der Waals surface area contributed by atoms with Crippen LogP contribution < -0.4 is 5.32 Å². The summed E-state index contributed by atoms with van der Waals surface area (Å²) in [5, 5.41) is 1.78. The van der Waals surface area contributed by atoms with Crippen LogP contribution in [-0.4, -0.2) is 11.8 Å². The van der Waals surface area contributed by atoms with Gasteiger partial charge in [-0.2, -0.15) is 0 Å². The third kappa shape index (κ3) is 1.05. The van der Waals surface area contributed by atoms with Crippen LogP contribution in [0.15, 0.2) is 0 Å². The number of carbonyl (C=O) groups is 2. The van der Waals surface area contributed by atoms with Crippen molar-refractivity contribution in [2.24, 2.45) is 0 Å². The van der Waals surface area contributed by atoms with Crippen LogP contribution in [0.5, 0.6) is 0 Å². The molecule has 1 aliphatic rings. The molecule has 0 bridgehead atoms. The smallest absolute Gasteiger partial charge is 0.226 e. The number of rotatable bonds is 0. The Morgan fingerprint density at radius 3 is 2.88 bits per heavy atom. The minimum atomic E-state index is -2.07. The van der Waals surface area contributed by atoms with Crippen molar-refractivity contribution in [2.45, 2.75) is 19.2 Å². The standard InChI is InChI=1S/C5H7NO2/c7-4-2-1-3-5(8)6-4/h1-3H2,(H,6,7,8)/i2D,3D2. The Hall–Kier alpha value is -0.860. The lowest BCUT2D eigenvalue weighted by Gasteiger charge is -2.07. The average molecular weight is 116 g/mol. The molecule has 3 nitrogen and oxygen atoms in total. The van der Waals surface area contributed by atoms with Crippen molar-refractivity contribution >= 4 is 11.8 Å². The molecule has 1 rings (SSSR count). The first kappa shape index (κ1) is 2.62. The van der Waals surface area contributed by atoms with Gasteiger partial charge in [-0.25, -0.2) is 0 Å². The Bertz CT molecular complexity index is 216. The Kier molecular flexibility index (Phi) is 0.635. The van der Waals surface area contributed by atoms with Crippen molar-refractivity contribution in [1.82, 2.24) is 5.32 Å². The van der Waals surface area contributed by atoms with Gasteiger partial charge in [-0.15, -0.1) is 0 Å². The molecule has 1 atom stereocenters. The van der Waals surface area contributed by atoms with E-state index in [0.29, 0.717) is 0 Å². The van der Waals surface area contributed by atoms with Crippen LogP contribution in [0.4, 0.5) is 0 Å². The summed E-state index contributed by atoms with van der Waals surface area (Å²) in [4.78, 5) is 21.3. The first-order valence-corrected chi connectivity index (χ1v) is 2.21. The molecule has 0 aromatic heterocycles. The highest BCUT2D eigenvalue weighted by Gasteiger charge is 2.12. The van der Waals surface area contributed by atoms with E-state index < -0.39 is 24.6 Å². The molecule has 0 aromatic carbocycles. The largest absolute Gasteiger partial charge is 0.296 e. The second-order valence-electron chi connectivity index (χ2n) is 1.40. The number of nitrogens with one attached hydrogen (secondary N) is 1. The van der Waals surface area contributed by atoms with Gasteiger partial charge in [0.15, 0.2) is 0 Å². The van der Waals surface area contributed by atoms with Crippen molar-refractivity contribution in [3.63, 3.8) is 0 Å². The quantitative estimate of drug-likeness (QED) is 0.446. The van der Waals surface area contributed by atoms with Gasteiger partial charge in [-0.3, -0.25) is 14.9 Å². The monoisotopic (exact) mass is 116 g/mol. The maximum absolute atomic E-state index is 10.7. The van der Waals surface area contributed by atoms with Crippen LogP contribution in [-0.2, 0) is 9.59 Å². The van der Waals surface area contributed by atoms with E-state index in [4.69, 9.17) is 4.11 Å². The highest BCUT2D eigenvalue weighted by molar-refractivity contribution is 5.97. The molecule has 44 valence electrons. The number of hydrogen-bond acceptors (Lipinski definition) is 2. The topological polar surface area (TPSA) is 46.2 Å². The SMILES string of the molecule is [2H]C1CC([2H])([2H])C(=O)NC1=O. The van der Waals surface area contributed by atoms with E-state index in [1.54, 1.807) is 5.32 Å². The third-order valence-corrected chi connectivity index (χ3v) is 0.787. The third-order valence-electron chi connectivity index (χ3n) is 0.787. The Morgan fingerprint density at radius 1 is 1.50 bits per heavy atom. The van der Waals surface area contributed by atoms with E-state index in [-0.39, 0.29) is 6.42 Å². The molecule has 1 aliphatic heterocycles. The van der Waals surface area contributed by atoms with Gasteiger partial charge in [0, 0.05) is 16.9 Å². The number of piperidine rings is 1. The van der Waals surface area contributed by atoms with Crippen molar-refractivity contribution < 1.29 is 13.7 Å². The molecule has 1 unspecified atom stereocenters. The van der Waals surface area contributed by atoms with Crippen LogP contribution in [0.25, 0.3) is 0 Å². The van der Waals surface area contributed by atoms with Gasteiger partial charge in [0.25, 0.3) is 0 Å². The molecule has 0 radical (unpaired) electrons. The predicted octanol–water partition coefficient (Wildman–Crippen LogP) is -0.187. The summed E-state index contributed by atoms with van der Waals surface area (Å²) in [6, 6.07) is 0. The van der Waals surface area contributed by atoms with E-state index in [0.717, 1.165) is 0 Å². The first-order chi connectivity index (χ1) is 4.93. The van der Waals surface area contributed by atoms with Crippen molar-refractivity contribution in [1.29, 1.82) is 0 Å². The summed E-state index contributed by atoms with van der Waals surface area (Å²) in [7, 11) is 0. The summed E-state index contributed by atoms with van der Waals surface area (Å²) in [6.07, 6.45) is -3.58. The van der Waals surface area contributed by atoms with Crippen LogP contribution >= 0.6 is 0 Å². The Morgan fingerprint density at radius 2 is 2.25 bits per heavy atom. The highest BCUT2D eigenvalue weighted by Crippen LogP contribution is 2.00. The molecule has 0 saturated carbocycles. The zero-order chi connectivity index (χ0) is 8.65. The molecule has 8 heavy (non-hydrogen) atoms. The molecule has 0 spiro atoms. The lowest BCUT2D eigenvalue weighted by Crippen LogP contribution is -2.33. The van der Waals surface area contributed by atoms with Crippen LogP contribution in [0.3, 0.4) is 0 Å². The average Bonchev–Trinajstić information content (AvgIpc) is 1.83. The van der Waals surface area contributed by atoms with Crippen LogP contribution in [0.1, 0.15) is 23.3 Å². The first-order valence-electron chi connectivity index (χ1n) is 3.79. The van der Waals surface area contributed by atoms with E-state index >= 15 is 0 Å². The summed E-state index contributed by atoms with van der Waals surface area (Å²) in [5.41, 5.74) is 0. The second-order valence-corrected chi connectivity index (χ2v) is 1.40. The molecule has 2 amide bonds. The van der Waals surface area contributed by atoms with Gasteiger partial charge in [0.05, 0.1) is 0 Å². The Labute approximate surface area is 51.3 Å². The van der Waals surface area contributed by atoms with E-state index in [9.17, 15) is 9.59 Å². The number of amides is 2. The van der Waals surface area contributed by atoms with Gasteiger partial charge in [-0.05, 0) is 6.42 Å². The van der Waals surface area contributed by atoms with Crippen molar-refractivity contribution in [3.05, 3.63) is 0 Å². The fourth-order valence-electron chi connectivity index (χ4n) is 0.444. The van der Waals surface area contributed by atoms with Gasteiger partial charge >= 0.3 is 0 Å². The summed E-state index contributed by atoms with van der Waals surface area (Å²) < 4.78 is 21.1. The highest BCUT2D eigenvalue weighted by atomic mass is 16.2. The van der Waals surface area contributed by atoms with Gasteiger partial charge in [0.1, 0.15) is 0 Å². The van der Waals surface area contributed by atoms with Crippen molar-refractivity contribution in [2.75, 3.05) is 0 Å². The fourth-order valence-corrected chi connectivity index (χ4v) is 0.444. The van der Waals surface area contributed by atoms with Crippen LogP contribution in [0, 0.1) is 0 Å². The van der Waals surface area contributed by atoms with Crippen LogP contribution in [0.2, 0.25) is 0 Å². The molecule has 3 heteroatoms. The molecule has 0 aliphatic carbocycles. The molecule has 1 saturated heterocycles. The minimum Gasteiger partial charge on any atom is -0.296 e. The summed E-state index contributed by atoms with van der Waals surface area (Å²) >= 11 is 0. The summed E-state index contributed by atoms with van der Waals surface area (Å²) in [5.74, 6) is -1.66. The predicted molar refractivity (Wildman–Crippen MR) is 27.0 cm³/mol. The Balaban J connectivity index is 2.79. The molecule has 0 aromatic rings. The maximum Gasteiger partial charge on any atom is 0.226 e. The zero-order valence-corrected chi connectivity index (χ0v) is 4.10. The fraction of sp³-hybridized carbons (Fsp3) is 0.600. The molecular formula is C5H7NO2. The lowest BCUT2D eigenvalue weighted by molar-refractivity contribution is -0.132.